The Bertz CT molecular complexity index is 1490. The highest BCUT2D eigenvalue weighted by atomic mass is 16.7. The number of rotatable bonds is 7. The lowest BCUT2D eigenvalue weighted by Gasteiger charge is -2.42. The summed E-state index contributed by atoms with van der Waals surface area (Å²) >= 11 is 0. The van der Waals surface area contributed by atoms with Gasteiger partial charge in [0.15, 0.2) is 5.43 Å². The van der Waals surface area contributed by atoms with Crippen LogP contribution in [0.4, 0.5) is 0 Å². The standard InChI is InChI=1S/C28H32O15/c1-39-11-4-2-10(3-5-11)13-6-12(31)18-14(40-13)7-15(42-28-26(38)24(36)21(33)17(9-30)43-28)19(22(18)34)27-25(37)23(35)20(32)16(8-29)41-27/h2-7,16-17,20-21,23-30,32-38H,8-9H2,1H3. The second-order valence-electron chi connectivity index (χ2n) is 10.3. The Hall–Kier alpha value is -3.35. The summed E-state index contributed by atoms with van der Waals surface area (Å²) in [6.07, 6.45) is -17.3. The van der Waals surface area contributed by atoms with Crippen molar-refractivity contribution in [2.45, 2.75) is 61.2 Å². The Morgan fingerprint density at radius 3 is 2.00 bits per heavy atom. The number of phenols is 1. The molecule has 9 N–H and O–H groups in total. The highest BCUT2D eigenvalue weighted by molar-refractivity contribution is 5.88. The van der Waals surface area contributed by atoms with Gasteiger partial charge in [-0.25, -0.2) is 0 Å². The maximum atomic E-state index is 13.3. The number of hydrogen-bond acceptors (Lipinski definition) is 15. The van der Waals surface area contributed by atoms with Crippen LogP contribution in [0.5, 0.6) is 17.2 Å². The molecule has 0 radical (unpaired) electrons. The summed E-state index contributed by atoms with van der Waals surface area (Å²) in [7, 11) is 1.48. The number of benzene rings is 2. The molecule has 0 saturated carbocycles. The molecule has 2 fully saturated rings. The van der Waals surface area contributed by atoms with Crippen LogP contribution in [-0.4, -0.2) is 121 Å². The summed E-state index contributed by atoms with van der Waals surface area (Å²) in [5, 5.41) is 92.8. The van der Waals surface area contributed by atoms with Gasteiger partial charge in [0.1, 0.15) is 88.9 Å². The Morgan fingerprint density at radius 2 is 1.40 bits per heavy atom. The van der Waals surface area contributed by atoms with E-state index in [1.807, 2.05) is 0 Å². The molecular formula is C28H32O15. The summed E-state index contributed by atoms with van der Waals surface area (Å²) in [5.74, 6) is -0.631. The molecule has 15 heteroatoms. The molecule has 1 aromatic heterocycles. The first-order valence-corrected chi connectivity index (χ1v) is 13.3. The van der Waals surface area contributed by atoms with Gasteiger partial charge in [0.2, 0.25) is 6.29 Å². The molecular weight excluding hydrogens is 576 g/mol. The van der Waals surface area contributed by atoms with E-state index in [9.17, 15) is 50.8 Å². The maximum absolute atomic E-state index is 13.3. The first-order valence-electron chi connectivity index (χ1n) is 13.3. The predicted molar refractivity (Wildman–Crippen MR) is 143 cm³/mol. The average Bonchev–Trinajstić information content (AvgIpc) is 3.00. The minimum atomic E-state index is -1.93. The van der Waals surface area contributed by atoms with Crippen LogP contribution in [0.2, 0.25) is 0 Å². The van der Waals surface area contributed by atoms with E-state index in [4.69, 9.17) is 23.4 Å². The van der Waals surface area contributed by atoms with Crippen molar-refractivity contribution < 1.29 is 69.3 Å². The lowest BCUT2D eigenvalue weighted by Crippen LogP contribution is -2.60. The van der Waals surface area contributed by atoms with Gasteiger partial charge in [0, 0.05) is 17.7 Å². The molecule has 43 heavy (non-hydrogen) atoms. The smallest absolute Gasteiger partial charge is 0.229 e. The van der Waals surface area contributed by atoms with Crippen molar-refractivity contribution in [3.63, 3.8) is 0 Å². The number of aliphatic hydroxyl groups is 8. The van der Waals surface area contributed by atoms with Crippen LogP contribution in [0.15, 0.2) is 45.6 Å². The van der Waals surface area contributed by atoms with Crippen molar-refractivity contribution in [2.24, 2.45) is 0 Å². The normalized spacial score (nSPS) is 33.0. The predicted octanol–water partition coefficient (Wildman–Crippen LogP) is -2.13. The van der Waals surface area contributed by atoms with E-state index in [1.54, 1.807) is 24.3 Å². The number of ether oxygens (including phenoxy) is 4. The van der Waals surface area contributed by atoms with Crippen LogP contribution in [0.1, 0.15) is 11.7 Å². The second-order valence-corrected chi connectivity index (χ2v) is 10.3. The molecule has 0 spiro atoms. The van der Waals surface area contributed by atoms with Crippen LogP contribution in [0.25, 0.3) is 22.3 Å². The topological polar surface area (TPSA) is 249 Å². The average molecular weight is 609 g/mol. The van der Waals surface area contributed by atoms with Crippen molar-refractivity contribution in [3.8, 4) is 28.6 Å². The fraction of sp³-hybridized carbons (Fsp3) is 0.464. The lowest BCUT2D eigenvalue weighted by atomic mass is 9.89. The zero-order valence-electron chi connectivity index (χ0n) is 22.6. The largest absolute Gasteiger partial charge is 0.506 e. The Balaban J connectivity index is 1.68. The van der Waals surface area contributed by atoms with E-state index >= 15 is 0 Å². The van der Waals surface area contributed by atoms with Crippen LogP contribution in [-0.2, 0) is 9.47 Å². The van der Waals surface area contributed by atoms with Gasteiger partial charge in [-0.2, -0.15) is 0 Å². The SMILES string of the molecule is COc1ccc(-c2cc(=O)c3c(O)c(C4OC(CO)C(O)C(O)C4O)c(OC4OC(CO)C(O)C(O)C4O)cc3o2)cc1. The number of methoxy groups -OCH3 is 1. The van der Waals surface area contributed by atoms with Gasteiger partial charge in [-0.1, -0.05) is 0 Å². The second kappa shape index (κ2) is 12.3. The van der Waals surface area contributed by atoms with E-state index in [-0.39, 0.29) is 16.7 Å². The lowest BCUT2D eigenvalue weighted by molar-refractivity contribution is -0.278. The molecule has 0 aliphatic carbocycles. The van der Waals surface area contributed by atoms with Gasteiger partial charge in [0.25, 0.3) is 0 Å². The van der Waals surface area contributed by atoms with Gasteiger partial charge < -0.3 is 69.3 Å². The van der Waals surface area contributed by atoms with Crippen LogP contribution in [0, 0.1) is 0 Å². The molecule has 5 rings (SSSR count). The third-order valence-corrected chi connectivity index (χ3v) is 7.64. The van der Waals surface area contributed by atoms with Gasteiger partial charge in [-0.05, 0) is 24.3 Å². The molecule has 234 valence electrons. The monoisotopic (exact) mass is 608 g/mol. The van der Waals surface area contributed by atoms with Crippen molar-refractivity contribution >= 4 is 11.0 Å². The minimum Gasteiger partial charge on any atom is -0.506 e. The van der Waals surface area contributed by atoms with E-state index < -0.39 is 96.9 Å². The molecule has 10 unspecified atom stereocenters. The number of aliphatic hydroxyl groups excluding tert-OH is 8. The van der Waals surface area contributed by atoms with Crippen molar-refractivity contribution in [1.29, 1.82) is 0 Å². The van der Waals surface area contributed by atoms with E-state index in [0.29, 0.717) is 11.3 Å². The summed E-state index contributed by atoms with van der Waals surface area (Å²) in [6.45, 7) is -1.57. The summed E-state index contributed by atoms with van der Waals surface area (Å²) in [5.41, 5.74) is -0.946. The van der Waals surface area contributed by atoms with Crippen molar-refractivity contribution in [2.75, 3.05) is 20.3 Å². The minimum absolute atomic E-state index is 0.0823. The molecule has 15 nitrogen and oxygen atoms in total. The molecule has 3 aromatic rings. The maximum Gasteiger partial charge on any atom is 0.229 e. The molecule has 2 saturated heterocycles. The van der Waals surface area contributed by atoms with Gasteiger partial charge >= 0.3 is 0 Å². The Labute approximate surface area is 242 Å². The first kappa shape index (κ1) is 31.1. The van der Waals surface area contributed by atoms with Gasteiger partial charge in [-0.3, -0.25) is 4.79 Å². The molecule has 3 heterocycles. The number of hydrogen-bond donors (Lipinski definition) is 9. The molecule has 2 aliphatic rings. The van der Waals surface area contributed by atoms with Gasteiger partial charge in [-0.15, -0.1) is 0 Å². The zero-order chi connectivity index (χ0) is 31.2. The number of phenolic OH excluding ortho intramolecular Hbond substituents is 1. The van der Waals surface area contributed by atoms with Crippen molar-refractivity contribution in [1.82, 2.24) is 0 Å². The summed E-state index contributed by atoms with van der Waals surface area (Å²) < 4.78 is 27.9. The molecule has 10 atom stereocenters. The fourth-order valence-corrected chi connectivity index (χ4v) is 5.19. The quantitative estimate of drug-likeness (QED) is 0.139. The number of aromatic hydroxyl groups is 1. The molecule has 2 aromatic carbocycles. The summed E-state index contributed by atoms with van der Waals surface area (Å²) in [4.78, 5) is 13.3. The van der Waals surface area contributed by atoms with E-state index in [2.05, 4.69) is 0 Å². The van der Waals surface area contributed by atoms with E-state index in [0.717, 1.165) is 12.1 Å². The third kappa shape index (κ3) is 5.56. The zero-order valence-corrected chi connectivity index (χ0v) is 22.6. The highest BCUT2D eigenvalue weighted by Gasteiger charge is 2.48. The van der Waals surface area contributed by atoms with Crippen LogP contribution >= 0.6 is 0 Å². The van der Waals surface area contributed by atoms with Crippen LogP contribution < -0.4 is 14.9 Å². The number of fused-ring (bicyclic) bond motifs is 1. The fourth-order valence-electron chi connectivity index (χ4n) is 5.19. The first-order chi connectivity index (χ1) is 20.5. The Kier molecular flexibility index (Phi) is 8.92. The Morgan fingerprint density at radius 1 is 0.791 bits per heavy atom. The summed E-state index contributed by atoms with van der Waals surface area (Å²) in [6, 6.07) is 8.73. The van der Waals surface area contributed by atoms with E-state index in [1.165, 1.54) is 7.11 Å². The van der Waals surface area contributed by atoms with Crippen molar-refractivity contribution in [3.05, 3.63) is 52.2 Å². The molecule has 0 bridgehead atoms. The molecule has 2 aliphatic heterocycles. The molecule has 0 amide bonds. The highest BCUT2D eigenvalue weighted by Crippen LogP contribution is 2.46. The third-order valence-electron chi connectivity index (χ3n) is 7.64. The van der Waals surface area contributed by atoms with Crippen LogP contribution in [0.3, 0.4) is 0 Å². The van der Waals surface area contributed by atoms with Gasteiger partial charge in [0.05, 0.1) is 25.9 Å².